The maximum atomic E-state index is 4.61. The molecule has 1 unspecified atom stereocenters. The SMILES string of the molecule is CCCc1nccn1-c1ccc(C(CC)NCC)nc1. The van der Waals surface area contributed by atoms with Crippen molar-refractivity contribution in [2.24, 2.45) is 0 Å². The summed E-state index contributed by atoms with van der Waals surface area (Å²) in [5.41, 5.74) is 2.19. The molecule has 0 aromatic carbocycles. The molecule has 4 heteroatoms. The first kappa shape index (κ1) is 14.7. The summed E-state index contributed by atoms with van der Waals surface area (Å²) in [5.74, 6) is 1.10. The van der Waals surface area contributed by atoms with Gasteiger partial charge >= 0.3 is 0 Å². The Kier molecular flexibility index (Phi) is 5.30. The Bertz CT molecular complexity index is 516. The van der Waals surface area contributed by atoms with E-state index in [1.807, 2.05) is 18.6 Å². The van der Waals surface area contributed by atoms with Crippen LogP contribution in [0.1, 0.15) is 51.2 Å². The van der Waals surface area contributed by atoms with Crippen molar-refractivity contribution in [1.29, 1.82) is 0 Å². The van der Waals surface area contributed by atoms with E-state index in [4.69, 9.17) is 0 Å². The zero-order valence-corrected chi connectivity index (χ0v) is 12.6. The van der Waals surface area contributed by atoms with Crippen molar-refractivity contribution in [3.63, 3.8) is 0 Å². The molecule has 108 valence electrons. The molecule has 0 aliphatic rings. The summed E-state index contributed by atoms with van der Waals surface area (Å²) >= 11 is 0. The highest BCUT2D eigenvalue weighted by Crippen LogP contribution is 2.17. The average Bonchev–Trinajstić information content (AvgIpc) is 2.94. The maximum absolute atomic E-state index is 4.61. The Hall–Kier alpha value is -1.68. The van der Waals surface area contributed by atoms with Crippen LogP contribution in [0.3, 0.4) is 0 Å². The number of imidazole rings is 1. The van der Waals surface area contributed by atoms with Gasteiger partial charge in [0.2, 0.25) is 0 Å². The molecule has 0 saturated carbocycles. The second-order valence-corrected chi connectivity index (χ2v) is 4.92. The molecular weight excluding hydrogens is 248 g/mol. The molecule has 0 spiro atoms. The van der Waals surface area contributed by atoms with Crippen LogP contribution in [0, 0.1) is 0 Å². The molecule has 2 heterocycles. The van der Waals surface area contributed by atoms with Crippen LogP contribution in [-0.2, 0) is 6.42 Å². The Morgan fingerprint density at radius 1 is 1.20 bits per heavy atom. The van der Waals surface area contributed by atoms with E-state index < -0.39 is 0 Å². The van der Waals surface area contributed by atoms with Crippen molar-refractivity contribution in [2.75, 3.05) is 6.54 Å². The molecule has 0 radical (unpaired) electrons. The van der Waals surface area contributed by atoms with Crippen LogP contribution >= 0.6 is 0 Å². The minimum absolute atomic E-state index is 0.340. The van der Waals surface area contributed by atoms with E-state index in [1.54, 1.807) is 0 Å². The van der Waals surface area contributed by atoms with Crippen molar-refractivity contribution < 1.29 is 0 Å². The van der Waals surface area contributed by atoms with E-state index >= 15 is 0 Å². The van der Waals surface area contributed by atoms with Gasteiger partial charge in [0, 0.05) is 24.9 Å². The number of hydrogen-bond donors (Lipinski definition) is 1. The Labute approximate surface area is 121 Å². The van der Waals surface area contributed by atoms with Crippen molar-refractivity contribution in [3.8, 4) is 5.69 Å². The lowest BCUT2D eigenvalue weighted by Crippen LogP contribution is -2.21. The number of aryl methyl sites for hydroxylation is 1. The van der Waals surface area contributed by atoms with Crippen LogP contribution < -0.4 is 5.32 Å². The molecule has 2 aromatic heterocycles. The summed E-state index contributed by atoms with van der Waals surface area (Å²) in [6.07, 6.45) is 8.93. The third-order valence-corrected chi connectivity index (χ3v) is 3.46. The van der Waals surface area contributed by atoms with Crippen LogP contribution in [0.2, 0.25) is 0 Å². The highest BCUT2D eigenvalue weighted by Gasteiger charge is 2.10. The molecule has 2 rings (SSSR count). The van der Waals surface area contributed by atoms with E-state index in [0.29, 0.717) is 6.04 Å². The Balaban J connectivity index is 2.21. The number of nitrogens with one attached hydrogen (secondary N) is 1. The van der Waals surface area contributed by atoms with Gasteiger partial charge in [-0.25, -0.2) is 4.98 Å². The molecule has 0 aliphatic carbocycles. The molecule has 0 bridgehead atoms. The van der Waals surface area contributed by atoms with Gasteiger partial charge in [0.05, 0.1) is 17.6 Å². The number of hydrogen-bond acceptors (Lipinski definition) is 3. The molecule has 1 atom stereocenters. The van der Waals surface area contributed by atoms with Crippen LogP contribution in [0.5, 0.6) is 0 Å². The van der Waals surface area contributed by atoms with Crippen molar-refractivity contribution >= 4 is 0 Å². The van der Waals surface area contributed by atoms with Gasteiger partial charge in [-0.1, -0.05) is 20.8 Å². The molecule has 0 aliphatic heterocycles. The molecule has 0 saturated heterocycles. The van der Waals surface area contributed by atoms with Gasteiger partial charge in [0.25, 0.3) is 0 Å². The van der Waals surface area contributed by atoms with Gasteiger partial charge in [0.1, 0.15) is 5.82 Å². The summed E-state index contributed by atoms with van der Waals surface area (Å²) in [4.78, 5) is 9.02. The monoisotopic (exact) mass is 272 g/mol. The van der Waals surface area contributed by atoms with E-state index in [-0.39, 0.29) is 0 Å². The normalized spacial score (nSPS) is 12.6. The predicted molar refractivity (Wildman–Crippen MR) is 82.1 cm³/mol. The van der Waals surface area contributed by atoms with Crippen LogP contribution in [0.15, 0.2) is 30.7 Å². The Morgan fingerprint density at radius 2 is 2.05 bits per heavy atom. The molecular formula is C16H24N4. The zero-order valence-electron chi connectivity index (χ0n) is 12.6. The largest absolute Gasteiger partial charge is 0.309 e. The summed E-state index contributed by atoms with van der Waals surface area (Å²) in [5, 5.41) is 3.45. The number of pyridine rings is 1. The quantitative estimate of drug-likeness (QED) is 0.841. The molecule has 2 aromatic rings. The van der Waals surface area contributed by atoms with Gasteiger partial charge in [0.15, 0.2) is 0 Å². The lowest BCUT2D eigenvalue weighted by atomic mass is 10.1. The maximum Gasteiger partial charge on any atom is 0.113 e. The van der Waals surface area contributed by atoms with Crippen molar-refractivity contribution in [1.82, 2.24) is 19.9 Å². The van der Waals surface area contributed by atoms with Gasteiger partial charge < -0.3 is 9.88 Å². The van der Waals surface area contributed by atoms with E-state index in [2.05, 4.69) is 52.8 Å². The van der Waals surface area contributed by atoms with E-state index in [0.717, 1.165) is 43.0 Å². The second-order valence-electron chi connectivity index (χ2n) is 4.92. The van der Waals surface area contributed by atoms with Gasteiger partial charge in [-0.2, -0.15) is 0 Å². The second kappa shape index (κ2) is 7.20. The highest BCUT2D eigenvalue weighted by molar-refractivity contribution is 5.32. The lowest BCUT2D eigenvalue weighted by molar-refractivity contribution is 0.524. The van der Waals surface area contributed by atoms with Gasteiger partial charge in [-0.05, 0) is 31.5 Å². The zero-order chi connectivity index (χ0) is 14.4. The first-order chi connectivity index (χ1) is 9.80. The summed E-state index contributed by atoms with van der Waals surface area (Å²) in [6.45, 7) is 7.43. The highest BCUT2D eigenvalue weighted by atomic mass is 15.1. The third kappa shape index (κ3) is 3.25. The van der Waals surface area contributed by atoms with E-state index in [1.165, 1.54) is 0 Å². The van der Waals surface area contributed by atoms with Crippen molar-refractivity contribution in [3.05, 3.63) is 42.2 Å². The molecule has 0 amide bonds. The summed E-state index contributed by atoms with van der Waals surface area (Å²) < 4.78 is 2.12. The minimum atomic E-state index is 0.340. The molecule has 20 heavy (non-hydrogen) atoms. The van der Waals surface area contributed by atoms with Gasteiger partial charge in [-0.3, -0.25) is 4.98 Å². The number of aromatic nitrogens is 3. The van der Waals surface area contributed by atoms with Crippen molar-refractivity contribution in [2.45, 2.75) is 46.1 Å². The fourth-order valence-electron chi connectivity index (χ4n) is 2.43. The number of rotatable bonds is 7. The fourth-order valence-corrected chi connectivity index (χ4v) is 2.43. The number of nitrogens with zero attached hydrogens (tertiary/aromatic N) is 3. The molecule has 1 N–H and O–H groups in total. The fraction of sp³-hybridized carbons (Fsp3) is 0.500. The first-order valence-corrected chi connectivity index (χ1v) is 7.52. The van der Waals surface area contributed by atoms with Crippen LogP contribution in [-0.4, -0.2) is 21.1 Å². The molecule has 4 nitrogen and oxygen atoms in total. The average molecular weight is 272 g/mol. The predicted octanol–water partition coefficient (Wildman–Crippen LogP) is 3.28. The lowest BCUT2D eigenvalue weighted by Gasteiger charge is -2.15. The van der Waals surface area contributed by atoms with Crippen LogP contribution in [0.25, 0.3) is 5.69 Å². The summed E-state index contributed by atoms with van der Waals surface area (Å²) in [7, 11) is 0. The van der Waals surface area contributed by atoms with Gasteiger partial charge in [-0.15, -0.1) is 0 Å². The minimum Gasteiger partial charge on any atom is -0.309 e. The standard InChI is InChI=1S/C16H24N4/c1-4-7-16-18-10-11-20(16)13-8-9-15(19-12-13)14(5-2)17-6-3/h8-12,14,17H,4-7H2,1-3H3. The first-order valence-electron chi connectivity index (χ1n) is 7.52. The Morgan fingerprint density at radius 3 is 2.65 bits per heavy atom. The summed E-state index contributed by atoms with van der Waals surface area (Å²) in [6, 6.07) is 4.58. The van der Waals surface area contributed by atoms with Crippen LogP contribution in [0.4, 0.5) is 0 Å². The smallest absolute Gasteiger partial charge is 0.113 e. The third-order valence-electron chi connectivity index (χ3n) is 3.46. The van der Waals surface area contributed by atoms with E-state index in [9.17, 15) is 0 Å². The molecule has 0 fully saturated rings. The topological polar surface area (TPSA) is 42.7 Å².